The number of urea groups is 1. The minimum Gasteiger partial charge on any atom is -0.273 e. The summed E-state index contributed by atoms with van der Waals surface area (Å²) < 4.78 is 38.8. The molecule has 0 aromatic heterocycles. The number of amides is 4. The van der Waals surface area contributed by atoms with Crippen molar-refractivity contribution in [1.82, 2.24) is 5.32 Å². The summed E-state index contributed by atoms with van der Waals surface area (Å²) >= 11 is 11.8. The molecule has 0 atom stereocenters. The maximum Gasteiger partial charge on any atom is 0.416 e. The third-order valence-electron chi connectivity index (χ3n) is 3.80. The van der Waals surface area contributed by atoms with Crippen molar-refractivity contribution >= 4 is 52.8 Å². The molecule has 28 heavy (non-hydrogen) atoms. The summed E-state index contributed by atoms with van der Waals surface area (Å²) in [4.78, 5) is 37.4. The van der Waals surface area contributed by atoms with Gasteiger partial charge in [-0.2, -0.15) is 13.2 Å². The average molecular weight is 429 g/mol. The average Bonchev–Trinajstić information content (AvgIpc) is 2.59. The first kappa shape index (κ1) is 19.9. The number of halogens is 5. The predicted molar refractivity (Wildman–Crippen MR) is 96.9 cm³/mol. The lowest BCUT2D eigenvalue weighted by molar-refractivity contribution is -0.137. The van der Waals surface area contributed by atoms with Crippen LogP contribution in [0.25, 0.3) is 6.08 Å². The van der Waals surface area contributed by atoms with Gasteiger partial charge in [0.05, 0.1) is 11.3 Å². The van der Waals surface area contributed by atoms with Gasteiger partial charge >= 0.3 is 12.2 Å². The van der Waals surface area contributed by atoms with E-state index in [1.54, 1.807) is 0 Å². The molecule has 4 amide bonds. The van der Waals surface area contributed by atoms with Crippen molar-refractivity contribution in [2.75, 3.05) is 4.90 Å². The van der Waals surface area contributed by atoms with Crippen LogP contribution in [-0.2, 0) is 15.8 Å². The highest BCUT2D eigenvalue weighted by atomic mass is 35.5. The molecule has 0 saturated carbocycles. The number of imide groups is 2. The van der Waals surface area contributed by atoms with Gasteiger partial charge in [-0.1, -0.05) is 35.3 Å². The zero-order valence-electron chi connectivity index (χ0n) is 13.7. The predicted octanol–water partition coefficient (Wildman–Crippen LogP) is 4.68. The second kappa shape index (κ2) is 7.29. The minimum atomic E-state index is -4.67. The van der Waals surface area contributed by atoms with Gasteiger partial charge in [0.1, 0.15) is 5.57 Å². The van der Waals surface area contributed by atoms with E-state index in [9.17, 15) is 27.6 Å². The number of carbonyl (C=O) groups excluding carboxylic acids is 3. The summed E-state index contributed by atoms with van der Waals surface area (Å²) in [6.07, 6.45) is -3.54. The van der Waals surface area contributed by atoms with E-state index in [2.05, 4.69) is 0 Å². The number of barbiturate groups is 1. The van der Waals surface area contributed by atoms with E-state index in [1.165, 1.54) is 18.2 Å². The van der Waals surface area contributed by atoms with Crippen molar-refractivity contribution in [2.45, 2.75) is 6.18 Å². The molecule has 144 valence electrons. The van der Waals surface area contributed by atoms with Gasteiger partial charge in [-0.05, 0) is 42.0 Å². The molecule has 0 unspecified atom stereocenters. The van der Waals surface area contributed by atoms with Gasteiger partial charge in [0, 0.05) is 10.0 Å². The monoisotopic (exact) mass is 428 g/mol. The number of nitrogens with zero attached hydrogens (tertiary/aromatic N) is 1. The van der Waals surface area contributed by atoms with Gasteiger partial charge in [-0.25, -0.2) is 9.69 Å². The van der Waals surface area contributed by atoms with Crippen LogP contribution in [0.4, 0.5) is 23.7 Å². The molecule has 1 fully saturated rings. The molecule has 1 aliphatic heterocycles. The van der Waals surface area contributed by atoms with Gasteiger partial charge in [-0.15, -0.1) is 0 Å². The van der Waals surface area contributed by atoms with Crippen LogP contribution in [0.3, 0.4) is 0 Å². The van der Waals surface area contributed by atoms with Gasteiger partial charge in [0.2, 0.25) is 0 Å². The number of alkyl halides is 3. The van der Waals surface area contributed by atoms with Crippen LogP contribution in [-0.4, -0.2) is 17.8 Å². The Labute approximate surface area is 166 Å². The molecule has 1 N–H and O–H groups in total. The fourth-order valence-corrected chi connectivity index (χ4v) is 2.95. The Kier molecular flexibility index (Phi) is 5.18. The van der Waals surface area contributed by atoms with Crippen LogP contribution in [0.5, 0.6) is 0 Å². The van der Waals surface area contributed by atoms with Crippen molar-refractivity contribution < 1.29 is 27.6 Å². The molecule has 5 nitrogen and oxygen atoms in total. The number of hydrogen-bond acceptors (Lipinski definition) is 3. The normalized spacial score (nSPS) is 16.5. The lowest BCUT2D eigenvalue weighted by Crippen LogP contribution is -2.54. The molecule has 1 aliphatic rings. The second-order valence-electron chi connectivity index (χ2n) is 5.67. The Morgan fingerprint density at radius 3 is 2.36 bits per heavy atom. The summed E-state index contributed by atoms with van der Waals surface area (Å²) in [5.74, 6) is -2.08. The third kappa shape index (κ3) is 3.88. The largest absolute Gasteiger partial charge is 0.416 e. The number of anilines is 1. The quantitative estimate of drug-likeness (QED) is 0.557. The molecule has 0 radical (unpaired) electrons. The molecule has 0 spiro atoms. The summed E-state index contributed by atoms with van der Waals surface area (Å²) in [5, 5.41) is 2.39. The SMILES string of the molecule is O=C1NC(=O)N(c2cccc(C(F)(F)F)c2)C(=O)/C1=C\c1ccc(Cl)cc1Cl. The van der Waals surface area contributed by atoms with Gasteiger partial charge < -0.3 is 0 Å². The number of hydrogen-bond donors (Lipinski definition) is 1. The second-order valence-corrected chi connectivity index (χ2v) is 6.52. The van der Waals surface area contributed by atoms with Crippen molar-refractivity contribution in [3.8, 4) is 0 Å². The summed E-state index contributed by atoms with van der Waals surface area (Å²) in [5.41, 5.74) is -1.59. The highest BCUT2D eigenvalue weighted by Gasteiger charge is 2.38. The van der Waals surface area contributed by atoms with Crippen LogP contribution in [0, 0.1) is 0 Å². The maximum absolute atomic E-state index is 12.9. The Bertz CT molecular complexity index is 1030. The van der Waals surface area contributed by atoms with Crippen molar-refractivity contribution in [2.24, 2.45) is 0 Å². The minimum absolute atomic E-state index is 0.142. The van der Waals surface area contributed by atoms with Crippen LogP contribution < -0.4 is 10.2 Å². The van der Waals surface area contributed by atoms with Crippen molar-refractivity contribution in [3.63, 3.8) is 0 Å². The molecule has 1 heterocycles. The van der Waals surface area contributed by atoms with E-state index in [4.69, 9.17) is 23.2 Å². The summed E-state index contributed by atoms with van der Waals surface area (Å²) in [6, 6.07) is 6.78. The molecular weight excluding hydrogens is 420 g/mol. The summed E-state index contributed by atoms with van der Waals surface area (Å²) in [6.45, 7) is 0. The van der Waals surface area contributed by atoms with Crippen LogP contribution in [0.1, 0.15) is 11.1 Å². The Balaban J connectivity index is 2.05. The first-order valence-electron chi connectivity index (χ1n) is 7.61. The Morgan fingerprint density at radius 2 is 1.71 bits per heavy atom. The van der Waals surface area contributed by atoms with Crippen molar-refractivity contribution in [3.05, 3.63) is 69.2 Å². The van der Waals surface area contributed by atoms with Gasteiger partial charge in [0.15, 0.2) is 0 Å². The van der Waals surface area contributed by atoms with Crippen LogP contribution in [0.15, 0.2) is 48.0 Å². The zero-order valence-corrected chi connectivity index (χ0v) is 15.2. The molecule has 2 aromatic rings. The molecule has 3 rings (SSSR count). The van der Waals surface area contributed by atoms with Crippen LogP contribution in [0.2, 0.25) is 10.0 Å². The smallest absolute Gasteiger partial charge is 0.273 e. The molecule has 1 saturated heterocycles. The first-order chi connectivity index (χ1) is 13.1. The third-order valence-corrected chi connectivity index (χ3v) is 4.36. The zero-order chi connectivity index (χ0) is 20.6. The van der Waals surface area contributed by atoms with Crippen molar-refractivity contribution in [1.29, 1.82) is 0 Å². The molecule has 0 aliphatic carbocycles. The van der Waals surface area contributed by atoms with E-state index < -0.39 is 35.2 Å². The first-order valence-corrected chi connectivity index (χ1v) is 8.37. The van der Waals surface area contributed by atoms with E-state index in [0.29, 0.717) is 16.0 Å². The molecule has 10 heteroatoms. The fraction of sp³-hybridized carbons (Fsp3) is 0.0556. The topological polar surface area (TPSA) is 66.5 Å². The summed E-state index contributed by atoms with van der Waals surface area (Å²) in [7, 11) is 0. The Morgan fingerprint density at radius 1 is 1.00 bits per heavy atom. The lowest BCUT2D eigenvalue weighted by Gasteiger charge is -2.27. The number of benzene rings is 2. The van der Waals surface area contributed by atoms with Crippen LogP contribution >= 0.6 is 23.2 Å². The van der Waals surface area contributed by atoms with Gasteiger partial charge in [0.25, 0.3) is 11.8 Å². The fourth-order valence-electron chi connectivity index (χ4n) is 2.49. The van der Waals surface area contributed by atoms with Gasteiger partial charge in [-0.3, -0.25) is 14.9 Å². The number of carbonyl (C=O) groups is 3. The standard InChI is InChI=1S/C18H9Cl2F3N2O3/c19-11-5-4-9(14(20)8-11)6-13-15(26)24-17(28)25(16(13)27)12-3-1-2-10(7-12)18(21,22)23/h1-8H,(H,24,26,28)/b13-6-. The number of nitrogens with one attached hydrogen (secondary N) is 1. The maximum atomic E-state index is 12.9. The number of rotatable bonds is 2. The molecule has 2 aromatic carbocycles. The lowest BCUT2D eigenvalue weighted by atomic mass is 10.1. The highest BCUT2D eigenvalue weighted by Crippen LogP contribution is 2.33. The highest BCUT2D eigenvalue weighted by molar-refractivity contribution is 6.40. The van der Waals surface area contributed by atoms with E-state index in [0.717, 1.165) is 24.3 Å². The van der Waals surface area contributed by atoms with E-state index >= 15 is 0 Å². The van der Waals surface area contributed by atoms with E-state index in [-0.39, 0.29) is 16.3 Å². The molecular formula is C18H9Cl2F3N2O3. The van der Waals surface area contributed by atoms with E-state index in [1.807, 2.05) is 5.32 Å². The Hall–Kier alpha value is -2.84. The molecule has 0 bridgehead atoms.